The number of aliphatic imine (C=N–C) groups is 1. The van der Waals surface area contributed by atoms with Crippen molar-refractivity contribution in [2.24, 2.45) is 28.5 Å². The Labute approximate surface area is 215 Å². The number of primary amides is 1. The minimum Gasteiger partial charge on any atom is -0.369 e. The molecule has 3 amide bonds. The number of benzene rings is 2. The van der Waals surface area contributed by atoms with Crippen molar-refractivity contribution in [1.29, 1.82) is 0 Å². The molecule has 0 aliphatic carbocycles. The van der Waals surface area contributed by atoms with Gasteiger partial charge in [-0.1, -0.05) is 50.9 Å². The summed E-state index contributed by atoms with van der Waals surface area (Å²) >= 11 is 6.25. The van der Waals surface area contributed by atoms with Crippen LogP contribution >= 0.6 is 11.6 Å². The highest BCUT2D eigenvalue weighted by atomic mass is 35.5. The fraction of sp³-hybridized carbons (Fsp3) is 0.407. The van der Waals surface area contributed by atoms with Gasteiger partial charge in [0.2, 0.25) is 18.0 Å². The number of amides is 3. The molecule has 0 fully saturated rings. The Morgan fingerprint density at radius 1 is 1.17 bits per heavy atom. The van der Waals surface area contributed by atoms with E-state index in [1.165, 1.54) is 11.0 Å². The number of carbonyl (C=O) groups is 3. The molecule has 0 saturated heterocycles. The summed E-state index contributed by atoms with van der Waals surface area (Å²) in [4.78, 5) is 45.1. The van der Waals surface area contributed by atoms with Gasteiger partial charge in [0.05, 0.1) is 11.4 Å². The molecule has 1 heterocycles. The number of fused-ring (bicyclic) bond motifs is 1. The number of nitrogens with one attached hydrogen (secondary N) is 1. The molecule has 0 radical (unpaired) electrons. The lowest BCUT2D eigenvalue weighted by atomic mass is 9.81. The highest BCUT2D eigenvalue weighted by Gasteiger charge is 2.37. The van der Waals surface area contributed by atoms with E-state index in [2.05, 4.69) is 10.3 Å². The number of anilines is 1. The number of likely N-dealkylation sites (N-methyl/N-ethyl adjacent to an activating group) is 1. The molecule has 7 nitrogen and oxygen atoms in total. The van der Waals surface area contributed by atoms with Gasteiger partial charge in [0.15, 0.2) is 0 Å². The highest BCUT2D eigenvalue weighted by molar-refractivity contribution is 6.32. The second kappa shape index (κ2) is 11.6. The molecule has 3 atom stereocenters. The molecular formula is C27H32ClFN4O3. The Balaban J connectivity index is 2.10. The standard InChI is InChI=1S/C27H32ClFN4O3/c1-5-8-17(24(30)34)19(13-15(2)3)26(35)32-25-27(36)33(4)22-12-11-16(28)14-20(22)23(31-25)18-9-6-7-10-21(18)29/h6-7,9-12,14-15,17,19,25H,5,8,13H2,1-4H3,(H2,30,34)(H,32,35)/t17?,19?,25-/m1/s1. The van der Waals surface area contributed by atoms with Crippen molar-refractivity contribution in [3.63, 3.8) is 0 Å². The maximum absolute atomic E-state index is 14.9. The van der Waals surface area contributed by atoms with Gasteiger partial charge in [-0.05, 0) is 49.1 Å². The van der Waals surface area contributed by atoms with Crippen molar-refractivity contribution in [3.05, 3.63) is 64.4 Å². The predicted molar refractivity (Wildman–Crippen MR) is 139 cm³/mol. The van der Waals surface area contributed by atoms with E-state index in [1.54, 1.807) is 43.4 Å². The van der Waals surface area contributed by atoms with Gasteiger partial charge in [-0.25, -0.2) is 9.38 Å². The number of nitrogens with zero attached hydrogens (tertiary/aromatic N) is 2. The number of hydrogen-bond acceptors (Lipinski definition) is 4. The van der Waals surface area contributed by atoms with Gasteiger partial charge in [-0.2, -0.15) is 0 Å². The Hall–Kier alpha value is -3.26. The third kappa shape index (κ3) is 5.93. The Kier molecular flexibility index (Phi) is 8.84. The minimum absolute atomic E-state index is 0.107. The molecule has 0 aromatic heterocycles. The lowest BCUT2D eigenvalue weighted by molar-refractivity contribution is -0.136. The summed E-state index contributed by atoms with van der Waals surface area (Å²) in [6, 6.07) is 11.0. The van der Waals surface area contributed by atoms with Gasteiger partial charge >= 0.3 is 0 Å². The summed E-state index contributed by atoms with van der Waals surface area (Å²) in [6.07, 6.45) is 0.196. The molecular weight excluding hydrogens is 483 g/mol. The van der Waals surface area contributed by atoms with E-state index in [1.807, 2.05) is 20.8 Å². The van der Waals surface area contributed by atoms with Crippen LogP contribution < -0.4 is 16.0 Å². The first-order valence-corrected chi connectivity index (χ1v) is 12.4. The van der Waals surface area contributed by atoms with Crippen LogP contribution in [0.5, 0.6) is 0 Å². The molecule has 2 aromatic rings. The number of nitrogens with two attached hydrogens (primary N) is 1. The molecule has 2 aromatic carbocycles. The molecule has 2 unspecified atom stereocenters. The van der Waals surface area contributed by atoms with Gasteiger partial charge in [0, 0.05) is 35.0 Å². The predicted octanol–water partition coefficient (Wildman–Crippen LogP) is 4.30. The van der Waals surface area contributed by atoms with E-state index in [4.69, 9.17) is 17.3 Å². The Morgan fingerprint density at radius 3 is 2.47 bits per heavy atom. The fourth-order valence-electron chi connectivity index (χ4n) is 4.56. The first kappa shape index (κ1) is 27.3. The second-order valence-corrected chi connectivity index (χ2v) is 9.90. The average Bonchev–Trinajstić information content (AvgIpc) is 2.91. The molecule has 1 aliphatic rings. The monoisotopic (exact) mass is 514 g/mol. The largest absolute Gasteiger partial charge is 0.369 e. The summed E-state index contributed by atoms with van der Waals surface area (Å²) < 4.78 is 14.9. The van der Waals surface area contributed by atoms with Crippen molar-refractivity contribution in [2.45, 2.75) is 46.2 Å². The van der Waals surface area contributed by atoms with Crippen LogP contribution in [0, 0.1) is 23.6 Å². The maximum atomic E-state index is 14.9. The zero-order valence-electron chi connectivity index (χ0n) is 20.9. The average molecular weight is 515 g/mol. The number of rotatable bonds is 9. The number of benzodiazepines with no additional fused rings is 1. The van der Waals surface area contributed by atoms with Crippen LogP contribution in [0.25, 0.3) is 0 Å². The van der Waals surface area contributed by atoms with Gasteiger partial charge in [0.25, 0.3) is 5.91 Å². The number of halogens is 2. The molecule has 192 valence electrons. The van der Waals surface area contributed by atoms with Crippen molar-refractivity contribution in [1.82, 2.24) is 5.32 Å². The normalized spacial score (nSPS) is 17.2. The van der Waals surface area contributed by atoms with E-state index in [0.717, 1.165) is 0 Å². The second-order valence-electron chi connectivity index (χ2n) is 9.46. The Bertz CT molecular complexity index is 1180. The lowest BCUT2D eigenvalue weighted by Crippen LogP contribution is -2.50. The summed E-state index contributed by atoms with van der Waals surface area (Å²) in [7, 11) is 1.56. The van der Waals surface area contributed by atoms with Gasteiger partial charge < -0.3 is 16.0 Å². The smallest absolute Gasteiger partial charge is 0.272 e. The van der Waals surface area contributed by atoms with Crippen LogP contribution in [0.2, 0.25) is 5.02 Å². The zero-order chi connectivity index (χ0) is 26.6. The first-order chi connectivity index (χ1) is 17.0. The molecule has 3 rings (SSSR count). The third-order valence-electron chi connectivity index (χ3n) is 6.32. The molecule has 0 spiro atoms. The SMILES string of the molecule is CCCC(C(N)=O)C(CC(C)C)C(=O)N[C@H]1N=C(c2ccccc2F)c2cc(Cl)ccc2N(C)C1=O. The van der Waals surface area contributed by atoms with Crippen LogP contribution in [-0.4, -0.2) is 36.6 Å². The zero-order valence-corrected chi connectivity index (χ0v) is 21.7. The number of hydrogen-bond donors (Lipinski definition) is 2. The van der Waals surface area contributed by atoms with Gasteiger partial charge in [0.1, 0.15) is 5.82 Å². The summed E-state index contributed by atoms with van der Waals surface area (Å²) in [5.41, 5.74) is 6.95. The quantitative estimate of drug-likeness (QED) is 0.521. The third-order valence-corrected chi connectivity index (χ3v) is 6.55. The molecule has 3 N–H and O–H groups in total. The van der Waals surface area contributed by atoms with E-state index in [9.17, 15) is 18.8 Å². The van der Waals surface area contributed by atoms with Gasteiger partial charge in [-0.15, -0.1) is 0 Å². The Morgan fingerprint density at radius 2 is 1.86 bits per heavy atom. The van der Waals surface area contributed by atoms with Crippen molar-refractivity contribution >= 4 is 40.7 Å². The van der Waals surface area contributed by atoms with E-state index in [-0.39, 0.29) is 17.2 Å². The molecule has 0 saturated carbocycles. The van der Waals surface area contributed by atoms with Crippen molar-refractivity contribution < 1.29 is 18.8 Å². The van der Waals surface area contributed by atoms with Crippen molar-refractivity contribution in [3.8, 4) is 0 Å². The fourth-order valence-corrected chi connectivity index (χ4v) is 4.74. The van der Waals surface area contributed by atoms with Crippen molar-refractivity contribution in [2.75, 3.05) is 11.9 Å². The molecule has 1 aliphatic heterocycles. The molecule has 0 bridgehead atoms. The van der Waals surface area contributed by atoms with Crippen LogP contribution in [0.15, 0.2) is 47.5 Å². The van der Waals surface area contributed by atoms with E-state index < -0.39 is 41.5 Å². The lowest BCUT2D eigenvalue weighted by Gasteiger charge is -2.27. The highest BCUT2D eigenvalue weighted by Crippen LogP contribution is 2.31. The number of carbonyl (C=O) groups excluding carboxylic acids is 3. The summed E-state index contributed by atoms with van der Waals surface area (Å²) in [6.45, 7) is 5.81. The van der Waals surface area contributed by atoms with Gasteiger partial charge in [-0.3, -0.25) is 14.4 Å². The van der Waals surface area contributed by atoms with E-state index in [0.29, 0.717) is 35.5 Å². The first-order valence-electron chi connectivity index (χ1n) is 12.0. The summed E-state index contributed by atoms with van der Waals surface area (Å²) in [5.74, 6) is -3.38. The van der Waals surface area contributed by atoms with Crippen LogP contribution in [0.4, 0.5) is 10.1 Å². The van der Waals surface area contributed by atoms with Crippen LogP contribution in [0.1, 0.15) is 51.2 Å². The maximum Gasteiger partial charge on any atom is 0.272 e. The summed E-state index contributed by atoms with van der Waals surface area (Å²) in [5, 5.41) is 3.12. The molecule has 36 heavy (non-hydrogen) atoms. The topological polar surface area (TPSA) is 105 Å². The van der Waals surface area contributed by atoms with Crippen LogP contribution in [0.3, 0.4) is 0 Å². The molecule has 9 heteroatoms. The van der Waals surface area contributed by atoms with E-state index >= 15 is 0 Å². The van der Waals surface area contributed by atoms with Crippen LogP contribution in [-0.2, 0) is 14.4 Å². The minimum atomic E-state index is -1.34.